The molecule has 0 heterocycles. The fourth-order valence-corrected chi connectivity index (χ4v) is 1.10. The van der Waals surface area contributed by atoms with Gasteiger partial charge in [0.25, 0.3) is 0 Å². The molecule has 0 bridgehead atoms. The number of nitrogens with one attached hydrogen (secondary N) is 1. The smallest absolute Gasteiger partial charge is 0.375 e. The molecule has 0 saturated heterocycles. The predicted molar refractivity (Wildman–Crippen MR) is 50.4 cm³/mol. The van der Waals surface area contributed by atoms with Crippen LogP contribution in [0, 0.1) is 18.3 Å². The van der Waals surface area contributed by atoms with Gasteiger partial charge in [0, 0.05) is 0 Å². The van der Waals surface area contributed by atoms with Gasteiger partial charge in [-0.2, -0.15) is 18.4 Å². The van der Waals surface area contributed by atoms with E-state index in [0.717, 1.165) is 5.56 Å². The third-order valence-electron chi connectivity index (χ3n) is 1.77. The SMILES string of the molecule is Cc1ccc(NCC(F)(F)F)c(C#N)c1. The van der Waals surface area contributed by atoms with E-state index in [4.69, 9.17) is 5.26 Å². The molecule has 0 atom stereocenters. The zero-order valence-corrected chi connectivity index (χ0v) is 8.02. The normalized spacial score (nSPS) is 10.9. The Morgan fingerprint density at radius 1 is 1.40 bits per heavy atom. The molecular formula is C10H9F3N2. The Hall–Kier alpha value is -1.70. The fourth-order valence-electron chi connectivity index (χ4n) is 1.10. The van der Waals surface area contributed by atoms with Crippen LogP contribution < -0.4 is 5.32 Å². The highest BCUT2D eigenvalue weighted by Gasteiger charge is 2.26. The average Bonchev–Trinajstić information content (AvgIpc) is 2.14. The number of aryl methyl sites for hydroxylation is 1. The number of hydrogen-bond donors (Lipinski definition) is 1. The number of benzene rings is 1. The molecule has 0 aliphatic heterocycles. The molecule has 0 fully saturated rings. The van der Waals surface area contributed by atoms with Crippen molar-refractivity contribution in [3.63, 3.8) is 0 Å². The van der Waals surface area contributed by atoms with Crippen LogP contribution in [0.3, 0.4) is 0 Å². The lowest BCUT2D eigenvalue weighted by atomic mass is 10.1. The third-order valence-corrected chi connectivity index (χ3v) is 1.77. The number of halogens is 3. The third kappa shape index (κ3) is 3.50. The largest absolute Gasteiger partial charge is 0.405 e. The molecule has 80 valence electrons. The number of hydrogen-bond acceptors (Lipinski definition) is 2. The van der Waals surface area contributed by atoms with Crippen LogP contribution in [0.5, 0.6) is 0 Å². The Morgan fingerprint density at radius 2 is 2.07 bits per heavy atom. The first-order valence-corrected chi connectivity index (χ1v) is 4.24. The summed E-state index contributed by atoms with van der Waals surface area (Å²) in [7, 11) is 0. The van der Waals surface area contributed by atoms with Crippen LogP contribution >= 0.6 is 0 Å². The molecule has 15 heavy (non-hydrogen) atoms. The Morgan fingerprint density at radius 3 is 2.60 bits per heavy atom. The summed E-state index contributed by atoms with van der Waals surface area (Å²) < 4.78 is 35.7. The maximum absolute atomic E-state index is 11.9. The van der Waals surface area contributed by atoms with Gasteiger partial charge in [-0.25, -0.2) is 0 Å². The van der Waals surface area contributed by atoms with Crippen LogP contribution in [0.15, 0.2) is 18.2 Å². The van der Waals surface area contributed by atoms with Crippen LogP contribution in [0.4, 0.5) is 18.9 Å². The van der Waals surface area contributed by atoms with E-state index in [9.17, 15) is 13.2 Å². The number of nitriles is 1. The molecule has 1 rings (SSSR count). The van der Waals surface area contributed by atoms with Crippen molar-refractivity contribution >= 4 is 5.69 Å². The van der Waals surface area contributed by atoms with E-state index in [-0.39, 0.29) is 11.3 Å². The van der Waals surface area contributed by atoms with Gasteiger partial charge in [0.15, 0.2) is 0 Å². The number of rotatable bonds is 2. The van der Waals surface area contributed by atoms with Gasteiger partial charge >= 0.3 is 6.18 Å². The Bertz CT molecular complexity index is 391. The Balaban J connectivity index is 2.82. The summed E-state index contributed by atoms with van der Waals surface area (Å²) in [5.41, 5.74) is 1.27. The molecule has 0 spiro atoms. The lowest BCUT2D eigenvalue weighted by Gasteiger charge is -2.10. The van der Waals surface area contributed by atoms with Crippen LogP contribution in [-0.2, 0) is 0 Å². The highest BCUT2D eigenvalue weighted by Crippen LogP contribution is 2.20. The summed E-state index contributed by atoms with van der Waals surface area (Å²) in [4.78, 5) is 0. The zero-order chi connectivity index (χ0) is 11.5. The molecule has 1 N–H and O–H groups in total. The van der Waals surface area contributed by atoms with Crippen molar-refractivity contribution in [2.75, 3.05) is 11.9 Å². The van der Waals surface area contributed by atoms with Crippen molar-refractivity contribution in [2.45, 2.75) is 13.1 Å². The monoisotopic (exact) mass is 214 g/mol. The second-order valence-electron chi connectivity index (χ2n) is 3.13. The van der Waals surface area contributed by atoms with Gasteiger partial charge in [-0.3, -0.25) is 0 Å². The zero-order valence-electron chi connectivity index (χ0n) is 8.02. The quantitative estimate of drug-likeness (QED) is 0.821. The predicted octanol–water partition coefficient (Wildman–Crippen LogP) is 2.84. The van der Waals surface area contributed by atoms with E-state index >= 15 is 0 Å². The molecule has 0 aromatic heterocycles. The molecule has 0 aliphatic rings. The Labute approximate surface area is 85.3 Å². The summed E-state index contributed by atoms with van der Waals surface area (Å²) in [6.07, 6.45) is -4.28. The lowest BCUT2D eigenvalue weighted by Crippen LogP contribution is -2.21. The molecule has 1 aromatic rings. The van der Waals surface area contributed by atoms with Gasteiger partial charge in [0.05, 0.1) is 11.3 Å². The van der Waals surface area contributed by atoms with Gasteiger partial charge in [-0.1, -0.05) is 6.07 Å². The first-order chi connectivity index (χ1) is 6.92. The van der Waals surface area contributed by atoms with Crippen LogP contribution in [0.1, 0.15) is 11.1 Å². The number of alkyl halides is 3. The van der Waals surface area contributed by atoms with Gasteiger partial charge in [0.1, 0.15) is 12.6 Å². The van der Waals surface area contributed by atoms with Crippen LogP contribution in [-0.4, -0.2) is 12.7 Å². The summed E-state index contributed by atoms with van der Waals surface area (Å²) in [6.45, 7) is 0.638. The van der Waals surface area contributed by atoms with Gasteiger partial charge in [-0.05, 0) is 24.6 Å². The molecule has 0 amide bonds. The minimum absolute atomic E-state index is 0.209. The summed E-state index contributed by atoms with van der Waals surface area (Å²) in [6, 6.07) is 6.51. The topological polar surface area (TPSA) is 35.8 Å². The minimum atomic E-state index is -4.28. The van der Waals surface area contributed by atoms with Crippen molar-refractivity contribution < 1.29 is 13.2 Å². The van der Waals surface area contributed by atoms with Gasteiger partial charge in [0.2, 0.25) is 0 Å². The molecule has 0 saturated carbocycles. The number of anilines is 1. The molecule has 5 heteroatoms. The highest BCUT2D eigenvalue weighted by molar-refractivity contribution is 5.58. The van der Waals surface area contributed by atoms with Crippen molar-refractivity contribution in [3.8, 4) is 6.07 Å². The summed E-state index contributed by atoms with van der Waals surface area (Å²) >= 11 is 0. The van der Waals surface area contributed by atoms with Crippen LogP contribution in [0.25, 0.3) is 0 Å². The Kier molecular flexibility index (Phi) is 3.20. The van der Waals surface area contributed by atoms with Gasteiger partial charge in [-0.15, -0.1) is 0 Å². The lowest BCUT2D eigenvalue weighted by molar-refractivity contribution is -0.115. The van der Waals surface area contributed by atoms with Crippen molar-refractivity contribution in [1.29, 1.82) is 5.26 Å². The van der Waals surface area contributed by atoms with E-state index in [1.807, 2.05) is 6.07 Å². The maximum Gasteiger partial charge on any atom is 0.405 e. The summed E-state index contributed by atoms with van der Waals surface area (Å²) in [5, 5.41) is 10.9. The minimum Gasteiger partial charge on any atom is -0.375 e. The first kappa shape index (κ1) is 11.4. The molecule has 0 aliphatic carbocycles. The van der Waals surface area contributed by atoms with E-state index < -0.39 is 12.7 Å². The van der Waals surface area contributed by atoms with E-state index in [0.29, 0.717) is 0 Å². The van der Waals surface area contributed by atoms with Gasteiger partial charge < -0.3 is 5.32 Å². The van der Waals surface area contributed by atoms with Crippen molar-refractivity contribution in [3.05, 3.63) is 29.3 Å². The second kappa shape index (κ2) is 4.22. The first-order valence-electron chi connectivity index (χ1n) is 4.24. The molecule has 1 aromatic carbocycles. The van der Waals surface area contributed by atoms with Crippen molar-refractivity contribution in [2.24, 2.45) is 0 Å². The maximum atomic E-state index is 11.9. The van der Waals surface area contributed by atoms with Crippen molar-refractivity contribution in [1.82, 2.24) is 0 Å². The standard InChI is InChI=1S/C10H9F3N2/c1-7-2-3-9(8(4-7)5-14)15-6-10(11,12)13/h2-4,15H,6H2,1H3. The average molecular weight is 214 g/mol. The molecule has 0 unspecified atom stereocenters. The van der Waals surface area contributed by atoms with E-state index in [1.54, 1.807) is 19.1 Å². The van der Waals surface area contributed by atoms with E-state index in [1.165, 1.54) is 6.07 Å². The highest BCUT2D eigenvalue weighted by atomic mass is 19.4. The number of nitrogens with zero attached hydrogens (tertiary/aromatic N) is 1. The molecular weight excluding hydrogens is 205 g/mol. The van der Waals surface area contributed by atoms with E-state index in [2.05, 4.69) is 5.32 Å². The fraction of sp³-hybridized carbons (Fsp3) is 0.300. The molecule has 2 nitrogen and oxygen atoms in total. The van der Waals surface area contributed by atoms with Crippen LogP contribution in [0.2, 0.25) is 0 Å². The summed E-state index contributed by atoms with van der Waals surface area (Å²) in [5.74, 6) is 0. The second-order valence-corrected chi connectivity index (χ2v) is 3.13. The molecule has 0 radical (unpaired) electrons.